The molecule has 0 fully saturated rings. The summed E-state index contributed by atoms with van der Waals surface area (Å²) in [5.41, 5.74) is 5.73. The van der Waals surface area contributed by atoms with Crippen LogP contribution in [0.25, 0.3) is 0 Å². The van der Waals surface area contributed by atoms with E-state index in [0.29, 0.717) is 13.0 Å². The van der Waals surface area contributed by atoms with Crippen molar-refractivity contribution < 1.29 is 4.79 Å². The lowest BCUT2D eigenvalue weighted by atomic mass is 10.2. The number of fused-ring (bicyclic) bond motifs is 1. The fourth-order valence-corrected chi connectivity index (χ4v) is 2.08. The average molecular weight is 237 g/mol. The molecule has 6 nitrogen and oxygen atoms in total. The van der Waals surface area contributed by atoms with Crippen LogP contribution in [0.3, 0.4) is 0 Å². The predicted molar refractivity (Wildman–Crippen MR) is 63.1 cm³/mol. The fraction of sp³-hybridized carbons (Fsp3) is 0.727. The highest BCUT2D eigenvalue weighted by atomic mass is 16.2. The molecule has 1 aromatic heterocycles. The summed E-state index contributed by atoms with van der Waals surface area (Å²) in [5, 5.41) is 8.24. The Labute approximate surface area is 101 Å². The highest BCUT2D eigenvalue weighted by Crippen LogP contribution is 2.15. The third kappa shape index (κ3) is 2.31. The first-order valence-corrected chi connectivity index (χ1v) is 6.05. The first-order chi connectivity index (χ1) is 8.13. The van der Waals surface area contributed by atoms with Crippen LogP contribution in [0.2, 0.25) is 0 Å². The number of rotatable bonds is 4. The summed E-state index contributed by atoms with van der Waals surface area (Å²) in [7, 11) is 1.76. The smallest absolute Gasteiger partial charge is 0.239 e. The number of carbonyl (C=O) groups excluding carboxylic acids is 1. The Morgan fingerprint density at radius 1 is 1.59 bits per heavy atom. The molecule has 0 bridgehead atoms. The summed E-state index contributed by atoms with van der Waals surface area (Å²) in [6, 6.07) is -0.416. The van der Waals surface area contributed by atoms with Crippen molar-refractivity contribution >= 4 is 5.91 Å². The summed E-state index contributed by atoms with van der Waals surface area (Å²) in [5.74, 6) is 1.85. The molecule has 2 N–H and O–H groups in total. The SMILES string of the molecule is CCC(N)C(=O)N(C)Cc1nnc2n1CCC2. The van der Waals surface area contributed by atoms with E-state index in [4.69, 9.17) is 5.73 Å². The van der Waals surface area contributed by atoms with Crippen LogP contribution in [-0.4, -0.2) is 38.7 Å². The molecule has 1 aliphatic heterocycles. The van der Waals surface area contributed by atoms with Gasteiger partial charge in [-0.3, -0.25) is 4.79 Å². The maximum atomic E-state index is 11.8. The van der Waals surface area contributed by atoms with E-state index < -0.39 is 6.04 Å². The van der Waals surface area contributed by atoms with Crippen LogP contribution < -0.4 is 5.73 Å². The minimum absolute atomic E-state index is 0.0390. The Hall–Kier alpha value is -1.43. The number of nitrogens with zero attached hydrogens (tertiary/aromatic N) is 4. The van der Waals surface area contributed by atoms with E-state index in [2.05, 4.69) is 14.8 Å². The summed E-state index contributed by atoms with van der Waals surface area (Å²) in [6.45, 7) is 3.35. The molecule has 0 radical (unpaired) electrons. The van der Waals surface area contributed by atoms with Gasteiger partial charge in [0.2, 0.25) is 5.91 Å². The summed E-state index contributed by atoms with van der Waals surface area (Å²) in [4.78, 5) is 13.5. The highest BCUT2D eigenvalue weighted by molar-refractivity contribution is 5.81. The second kappa shape index (κ2) is 4.83. The van der Waals surface area contributed by atoms with Gasteiger partial charge < -0.3 is 15.2 Å². The normalized spacial score (nSPS) is 15.7. The minimum Gasteiger partial charge on any atom is -0.337 e. The Balaban J connectivity index is 2.03. The second-order valence-corrected chi connectivity index (χ2v) is 4.50. The summed E-state index contributed by atoms with van der Waals surface area (Å²) < 4.78 is 2.10. The third-order valence-corrected chi connectivity index (χ3v) is 3.20. The van der Waals surface area contributed by atoms with Crippen LogP contribution in [0.15, 0.2) is 0 Å². The number of amides is 1. The van der Waals surface area contributed by atoms with E-state index in [-0.39, 0.29) is 5.91 Å². The highest BCUT2D eigenvalue weighted by Gasteiger charge is 2.21. The Kier molecular flexibility index (Phi) is 3.42. The van der Waals surface area contributed by atoms with Crippen LogP contribution in [0, 0.1) is 0 Å². The van der Waals surface area contributed by atoms with Gasteiger partial charge in [-0.1, -0.05) is 6.92 Å². The van der Waals surface area contributed by atoms with Gasteiger partial charge in [-0.2, -0.15) is 0 Å². The van der Waals surface area contributed by atoms with Gasteiger partial charge in [0.05, 0.1) is 12.6 Å². The molecular formula is C11H19N5O. The van der Waals surface area contributed by atoms with E-state index in [1.54, 1.807) is 11.9 Å². The van der Waals surface area contributed by atoms with E-state index in [0.717, 1.165) is 31.0 Å². The Morgan fingerprint density at radius 3 is 3.06 bits per heavy atom. The molecule has 0 saturated heterocycles. The molecular weight excluding hydrogens is 218 g/mol. The zero-order valence-corrected chi connectivity index (χ0v) is 10.4. The molecule has 6 heteroatoms. The molecule has 0 aromatic carbocycles. The molecule has 94 valence electrons. The van der Waals surface area contributed by atoms with Gasteiger partial charge in [-0.05, 0) is 12.8 Å². The topological polar surface area (TPSA) is 77.0 Å². The number of aryl methyl sites for hydroxylation is 1. The van der Waals surface area contributed by atoms with Crippen molar-refractivity contribution in [3.63, 3.8) is 0 Å². The van der Waals surface area contributed by atoms with E-state index >= 15 is 0 Å². The first kappa shape index (κ1) is 12.0. The first-order valence-electron chi connectivity index (χ1n) is 6.05. The lowest BCUT2D eigenvalue weighted by Crippen LogP contribution is -2.41. The van der Waals surface area contributed by atoms with E-state index in [1.807, 2.05) is 6.92 Å². The number of nitrogens with two attached hydrogens (primary N) is 1. The molecule has 1 atom stereocenters. The van der Waals surface area contributed by atoms with Gasteiger partial charge in [0, 0.05) is 20.0 Å². The van der Waals surface area contributed by atoms with Crippen LogP contribution in [0.4, 0.5) is 0 Å². The molecule has 0 spiro atoms. The lowest BCUT2D eigenvalue weighted by Gasteiger charge is -2.20. The van der Waals surface area contributed by atoms with Crippen molar-refractivity contribution in [1.82, 2.24) is 19.7 Å². The monoisotopic (exact) mass is 237 g/mol. The standard InChI is InChI=1S/C11H19N5O/c1-3-8(12)11(17)15(2)7-10-14-13-9-5-4-6-16(9)10/h8H,3-7,12H2,1-2H3. The molecule has 1 amide bonds. The molecule has 0 aliphatic carbocycles. The second-order valence-electron chi connectivity index (χ2n) is 4.50. The van der Waals surface area contributed by atoms with Crippen molar-refractivity contribution in [3.05, 3.63) is 11.6 Å². The fourth-order valence-electron chi connectivity index (χ4n) is 2.08. The molecule has 2 rings (SSSR count). The minimum atomic E-state index is -0.416. The van der Waals surface area contributed by atoms with Gasteiger partial charge in [0.1, 0.15) is 5.82 Å². The summed E-state index contributed by atoms with van der Waals surface area (Å²) in [6.07, 6.45) is 2.75. The zero-order valence-electron chi connectivity index (χ0n) is 10.4. The molecule has 1 aliphatic rings. The van der Waals surface area contributed by atoms with E-state index in [1.165, 1.54) is 0 Å². The van der Waals surface area contributed by atoms with Gasteiger partial charge in [0.15, 0.2) is 5.82 Å². The number of hydrogen-bond acceptors (Lipinski definition) is 4. The molecule has 1 unspecified atom stereocenters. The lowest BCUT2D eigenvalue weighted by molar-refractivity contribution is -0.132. The van der Waals surface area contributed by atoms with Crippen molar-refractivity contribution in [2.45, 2.75) is 45.3 Å². The zero-order chi connectivity index (χ0) is 12.4. The quantitative estimate of drug-likeness (QED) is 0.794. The summed E-state index contributed by atoms with van der Waals surface area (Å²) >= 11 is 0. The Morgan fingerprint density at radius 2 is 2.35 bits per heavy atom. The molecule has 17 heavy (non-hydrogen) atoms. The van der Waals surface area contributed by atoms with Crippen LogP contribution in [-0.2, 0) is 24.3 Å². The molecule has 2 heterocycles. The van der Waals surface area contributed by atoms with Crippen molar-refractivity contribution in [1.29, 1.82) is 0 Å². The van der Waals surface area contributed by atoms with Crippen LogP contribution in [0.1, 0.15) is 31.4 Å². The van der Waals surface area contributed by atoms with Crippen molar-refractivity contribution in [3.8, 4) is 0 Å². The maximum absolute atomic E-state index is 11.8. The number of aromatic nitrogens is 3. The molecule has 1 aromatic rings. The van der Waals surface area contributed by atoms with Gasteiger partial charge in [-0.25, -0.2) is 0 Å². The third-order valence-electron chi connectivity index (χ3n) is 3.20. The largest absolute Gasteiger partial charge is 0.337 e. The van der Waals surface area contributed by atoms with E-state index in [9.17, 15) is 4.79 Å². The number of hydrogen-bond donors (Lipinski definition) is 1. The number of likely N-dealkylation sites (N-methyl/N-ethyl adjacent to an activating group) is 1. The maximum Gasteiger partial charge on any atom is 0.239 e. The number of carbonyl (C=O) groups is 1. The van der Waals surface area contributed by atoms with Crippen molar-refractivity contribution in [2.24, 2.45) is 5.73 Å². The van der Waals surface area contributed by atoms with Crippen molar-refractivity contribution in [2.75, 3.05) is 7.05 Å². The van der Waals surface area contributed by atoms with Gasteiger partial charge in [-0.15, -0.1) is 10.2 Å². The van der Waals surface area contributed by atoms with Crippen LogP contribution >= 0.6 is 0 Å². The van der Waals surface area contributed by atoms with Gasteiger partial charge in [0.25, 0.3) is 0 Å². The van der Waals surface area contributed by atoms with Crippen LogP contribution in [0.5, 0.6) is 0 Å². The average Bonchev–Trinajstić information content (AvgIpc) is 2.91. The molecule has 0 saturated carbocycles. The Bertz CT molecular complexity index is 414. The van der Waals surface area contributed by atoms with Gasteiger partial charge >= 0.3 is 0 Å². The predicted octanol–water partition coefficient (Wildman–Crippen LogP) is -0.0800.